The Kier molecular flexibility index (Phi) is 2.76. The van der Waals surface area contributed by atoms with Crippen LogP contribution in [0, 0.1) is 0 Å². The number of ether oxygens (including phenoxy) is 1. The van der Waals surface area contributed by atoms with Crippen LogP contribution in [0.1, 0.15) is 58.2 Å². The van der Waals surface area contributed by atoms with Crippen molar-refractivity contribution in [3.8, 4) is 5.75 Å². The van der Waals surface area contributed by atoms with Gasteiger partial charge in [-0.15, -0.1) is 0 Å². The number of hydrogen-bond donors (Lipinski definition) is 0. The van der Waals surface area contributed by atoms with Gasteiger partial charge in [-0.2, -0.15) is 0 Å². The molecule has 1 aromatic rings. The molecule has 1 nitrogen and oxygen atoms in total. The first-order valence-electron chi connectivity index (χ1n) is 6.50. The van der Waals surface area contributed by atoms with Crippen LogP contribution in [-0.2, 0) is 17.3 Å². The van der Waals surface area contributed by atoms with Crippen molar-refractivity contribution in [3.63, 3.8) is 0 Å². The highest BCUT2D eigenvalue weighted by molar-refractivity contribution is 5.50. The molecular formula is C16H24O. The average molecular weight is 232 g/mol. The molecule has 0 unspecified atom stereocenters. The third kappa shape index (κ3) is 2.34. The van der Waals surface area contributed by atoms with E-state index in [-0.39, 0.29) is 10.8 Å². The molecule has 1 aromatic carbocycles. The molecule has 0 aromatic heterocycles. The smallest absolute Gasteiger partial charge is 0.123 e. The topological polar surface area (TPSA) is 9.23 Å². The lowest BCUT2D eigenvalue weighted by atomic mass is 9.78. The SMILES string of the molecule is CC(C)(C)c1cc2c(c(C(C)(C)C)c1)CCO2. The van der Waals surface area contributed by atoms with Crippen LogP contribution < -0.4 is 4.74 Å². The van der Waals surface area contributed by atoms with Crippen molar-refractivity contribution in [2.45, 2.75) is 58.8 Å². The lowest BCUT2D eigenvalue weighted by Crippen LogP contribution is -2.17. The standard InChI is InChI=1S/C16H24O/c1-15(2,3)11-9-13(16(4,5)6)12-7-8-17-14(12)10-11/h9-10H,7-8H2,1-6H3. The summed E-state index contributed by atoms with van der Waals surface area (Å²) in [5, 5.41) is 0. The van der Waals surface area contributed by atoms with Gasteiger partial charge in [-0.3, -0.25) is 0 Å². The number of rotatable bonds is 0. The average Bonchev–Trinajstić information content (AvgIpc) is 2.59. The van der Waals surface area contributed by atoms with Crippen LogP contribution in [0.2, 0.25) is 0 Å². The van der Waals surface area contributed by atoms with Gasteiger partial charge in [0.25, 0.3) is 0 Å². The van der Waals surface area contributed by atoms with Crippen molar-refractivity contribution in [2.75, 3.05) is 6.61 Å². The molecule has 0 fully saturated rings. The molecule has 0 saturated heterocycles. The van der Waals surface area contributed by atoms with E-state index in [1.54, 1.807) is 0 Å². The summed E-state index contributed by atoms with van der Waals surface area (Å²) in [4.78, 5) is 0. The summed E-state index contributed by atoms with van der Waals surface area (Å²) < 4.78 is 5.77. The maximum Gasteiger partial charge on any atom is 0.123 e. The summed E-state index contributed by atoms with van der Waals surface area (Å²) in [7, 11) is 0. The molecule has 0 atom stereocenters. The van der Waals surface area contributed by atoms with E-state index in [1.165, 1.54) is 16.7 Å². The third-order valence-corrected chi connectivity index (χ3v) is 3.49. The van der Waals surface area contributed by atoms with Crippen LogP contribution in [0.25, 0.3) is 0 Å². The van der Waals surface area contributed by atoms with Crippen LogP contribution in [0.5, 0.6) is 5.75 Å². The Morgan fingerprint density at radius 3 is 2.12 bits per heavy atom. The van der Waals surface area contributed by atoms with Crippen molar-refractivity contribution in [1.29, 1.82) is 0 Å². The van der Waals surface area contributed by atoms with Gasteiger partial charge in [0, 0.05) is 12.0 Å². The fourth-order valence-electron chi connectivity index (χ4n) is 2.40. The molecule has 0 spiro atoms. The van der Waals surface area contributed by atoms with Crippen LogP contribution >= 0.6 is 0 Å². The molecule has 0 amide bonds. The molecule has 1 heteroatoms. The predicted molar refractivity (Wildman–Crippen MR) is 73.0 cm³/mol. The summed E-state index contributed by atoms with van der Waals surface area (Å²) in [5.41, 5.74) is 4.63. The Bertz CT molecular complexity index is 430. The van der Waals surface area contributed by atoms with Crippen LogP contribution in [0.15, 0.2) is 12.1 Å². The van der Waals surface area contributed by atoms with Gasteiger partial charge < -0.3 is 4.74 Å². The Morgan fingerprint density at radius 2 is 1.59 bits per heavy atom. The van der Waals surface area contributed by atoms with Crippen LogP contribution in [0.4, 0.5) is 0 Å². The van der Waals surface area contributed by atoms with E-state index >= 15 is 0 Å². The fraction of sp³-hybridized carbons (Fsp3) is 0.625. The Balaban J connectivity index is 2.62. The van der Waals surface area contributed by atoms with Gasteiger partial charge in [-0.1, -0.05) is 47.6 Å². The lowest BCUT2D eigenvalue weighted by molar-refractivity contribution is 0.356. The van der Waals surface area contributed by atoms with E-state index in [1.807, 2.05) is 0 Å². The van der Waals surface area contributed by atoms with Gasteiger partial charge >= 0.3 is 0 Å². The second-order valence-electron chi connectivity index (χ2n) is 7.10. The van der Waals surface area contributed by atoms with E-state index < -0.39 is 0 Å². The molecule has 0 aliphatic carbocycles. The lowest BCUT2D eigenvalue weighted by Gasteiger charge is -2.27. The molecule has 94 valence electrons. The molecule has 2 rings (SSSR count). The van der Waals surface area contributed by atoms with Gasteiger partial charge in [0.15, 0.2) is 0 Å². The third-order valence-electron chi connectivity index (χ3n) is 3.49. The zero-order valence-corrected chi connectivity index (χ0v) is 12.0. The number of benzene rings is 1. The van der Waals surface area contributed by atoms with E-state index in [0.29, 0.717) is 0 Å². The molecule has 17 heavy (non-hydrogen) atoms. The summed E-state index contributed by atoms with van der Waals surface area (Å²) in [6, 6.07) is 4.62. The molecule has 0 N–H and O–H groups in total. The predicted octanol–water partition coefficient (Wildman–Crippen LogP) is 4.22. The van der Waals surface area contributed by atoms with Gasteiger partial charge in [-0.25, -0.2) is 0 Å². The minimum Gasteiger partial charge on any atom is -0.493 e. The van der Waals surface area contributed by atoms with E-state index in [2.05, 4.69) is 53.7 Å². The Labute approximate surface area is 105 Å². The fourth-order valence-corrected chi connectivity index (χ4v) is 2.40. The van der Waals surface area contributed by atoms with Crippen molar-refractivity contribution in [2.24, 2.45) is 0 Å². The van der Waals surface area contributed by atoms with Crippen LogP contribution in [-0.4, -0.2) is 6.61 Å². The second kappa shape index (κ2) is 3.76. The molecule has 1 aliphatic rings. The molecule has 0 bridgehead atoms. The highest BCUT2D eigenvalue weighted by atomic mass is 16.5. The first-order chi connectivity index (χ1) is 7.69. The van der Waals surface area contributed by atoms with E-state index in [9.17, 15) is 0 Å². The largest absolute Gasteiger partial charge is 0.493 e. The van der Waals surface area contributed by atoms with Gasteiger partial charge in [-0.05, 0) is 28.0 Å². The number of fused-ring (bicyclic) bond motifs is 1. The maximum absolute atomic E-state index is 5.77. The first-order valence-corrected chi connectivity index (χ1v) is 6.50. The zero-order valence-electron chi connectivity index (χ0n) is 12.0. The minimum atomic E-state index is 0.182. The van der Waals surface area contributed by atoms with Crippen molar-refractivity contribution >= 4 is 0 Å². The van der Waals surface area contributed by atoms with Crippen molar-refractivity contribution in [3.05, 3.63) is 28.8 Å². The van der Waals surface area contributed by atoms with E-state index in [0.717, 1.165) is 18.8 Å². The molecule has 0 saturated carbocycles. The van der Waals surface area contributed by atoms with Crippen LogP contribution in [0.3, 0.4) is 0 Å². The van der Waals surface area contributed by atoms with Gasteiger partial charge in [0.2, 0.25) is 0 Å². The van der Waals surface area contributed by atoms with Crippen molar-refractivity contribution in [1.82, 2.24) is 0 Å². The van der Waals surface area contributed by atoms with Gasteiger partial charge in [0.1, 0.15) is 5.75 Å². The minimum absolute atomic E-state index is 0.182. The monoisotopic (exact) mass is 232 g/mol. The Morgan fingerprint density at radius 1 is 0.941 bits per heavy atom. The maximum atomic E-state index is 5.77. The number of hydrogen-bond acceptors (Lipinski definition) is 1. The molecule has 1 heterocycles. The summed E-state index contributed by atoms with van der Waals surface area (Å²) >= 11 is 0. The normalized spacial score (nSPS) is 15.6. The van der Waals surface area contributed by atoms with Gasteiger partial charge in [0.05, 0.1) is 6.61 Å². The zero-order chi connectivity index (χ0) is 12.8. The summed E-state index contributed by atoms with van der Waals surface area (Å²) in [5.74, 6) is 1.11. The highest BCUT2D eigenvalue weighted by Crippen LogP contribution is 2.39. The second-order valence-corrected chi connectivity index (χ2v) is 7.10. The highest BCUT2D eigenvalue weighted by Gasteiger charge is 2.27. The van der Waals surface area contributed by atoms with Crippen molar-refractivity contribution < 1.29 is 4.74 Å². The first kappa shape index (κ1) is 12.5. The quantitative estimate of drug-likeness (QED) is 0.651. The summed E-state index contributed by atoms with van der Waals surface area (Å²) in [6.07, 6.45) is 1.06. The molecule has 1 aliphatic heterocycles. The molecule has 0 radical (unpaired) electrons. The Hall–Kier alpha value is -0.980. The molecular weight excluding hydrogens is 208 g/mol. The van der Waals surface area contributed by atoms with E-state index in [4.69, 9.17) is 4.74 Å². The summed E-state index contributed by atoms with van der Waals surface area (Å²) in [6.45, 7) is 14.5.